The number of hydrogen-bond donors (Lipinski definition) is 1. The van der Waals surface area contributed by atoms with Crippen LogP contribution in [0.4, 0.5) is 32.0 Å². The molecule has 162 valence electrons. The number of aliphatic carboxylic acids is 1. The van der Waals surface area contributed by atoms with Gasteiger partial charge in [0.2, 0.25) is 0 Å². The highest BCUT2D eigenvalue weighted by Gasteiger charge is 2.42. The van der Waals surface area contributed by atoms with E-state index in [9.17, 15) is 31.1 Å². The van der Waals surface area contributed by atoms with E-state index >= 15 is 0 Å². The first-order valence-electron chi connectivity index (χ1n) is 9.65. The van der Waals surface area contributed by atoms with Gasteiger partial charge in [0.1, 0.15) is 0 Å². The van der Waals surface area contributed by atoms with E-state index in [-0.39, 0.29) is 30.8 Å². The average Bonchev–Trinajstić information content (AvgIpc) is 2.62. The van der Waals surface area contributed by atoms with Gasteiger partial charge in [0.15, 0.2) is 0 Å². The maximum atomic E-state index is 13.4. The van der Waals surface area contributed by atoms with E-state index in [4.69, 9.17) is 5.11 Å². The second-order valence-electron chi connectivity index (χ2n) is 8.26. The van der Waals surface area contributed by atoms with Gasteiger partial charge in [-0.05, 0) is 68.1 Å². The molecule has 0 amide bonds. The molecule has 1 aromatic carbocycles. The number of nitrogens with zero attached hydrogens (tertiary/aromatic N) is 1. The lowest BCUT2D eigenvalue weighted by atomic mass is 9.65. The number of halogens is 6. The predicted octanol–water partition coefficient (Wildman–Crippen LogP) is 5.98. The number of carboxylic acids is 1. The number of anilines is 1. The third-order valence-electron chi connectivity index (χ3n) is 6.42. The number of hydrogen-bond acceptors (Lipinski definition) is 2. The van der Waals surface area contributed by atoms with Crippen molar-refractivity contribution in [3.8, 4) is 0 Å². The lowest BCUT2D eigenvalue weighted by molar-refractivity contribution is -0.141. The van der Waals surface area contributed by atoms with Gasteiger partial charge in [-0.25, -0.2) is 0 Å². The maximum Gasteiger partial charge on any atom is 0.418 e. The molecule has 2 fully saturated rings. The van der Waals surface area contributed by atoms with Crippen molar-refractivity contribution in [2.75, 3.05) is 18.0 Å². The lowest BCUT2D eigenvalue weighted by Gasteiger charge is -2.47. The van der Waals surface area contributed by atoms with Gasteiger partial charge in [-0.3, -0.25) is 4.79 Å². The predicted molar refractivity (Wildman–Crippen MR) is 94.5 cm³/mol. The Balaban J connectivity index is 1.74. The van der Waals surface area contributed by atoms with Gasteiger partial charge in [0, 0.05) is 25.2 Å². The highest BCUT2D eigenvalue weighted by Crippen LogP contribution is 2.49. The fourth-order valence-electron chi connectivity index (χ4n) is 4.67. The molecule has 0 atom stereocenters. The number of carboxylic acid groups (broad SMARTS) is 1. The van der Waals surface area contributed by atoms with E-state index in [2.05, 4.69) is 0 Å². The van der Waals surface area contributed by atoms with Crippen LogP contribution in [-0.4, -0.2) is 24.2 Å². The SMILES string of the molecule is O=C(O)CC1CCC2(CC1)CCN(c1cc(C(F)(F)F)ccc1C(F)(F)F)CC2. The zero-order valence-electron chi connectivity index (χ0n) is 15.7. The van der Waals surface area contributed by atoms with E-state index in [0.29, 0.717) is 31.0 Å². The molecule has 1 N–H and O–H groups in total. The molecular weight excluding hydrogens is 400 g/mol. The van der Waals surface area contributed by atoms with Crippen LogP contribution in [0.5, 0.6) is 0 Å². The summed E-state index contributed by atoms with van der Waals surface area (Å²) < 4.78 is 79.2. The topological polar surface area (TPSA) is 40.5 Å². The summed E-state index contributed by atoms with van der Waals surface area (Å²) in [4.78, 5) is 12.3. The molecule has 1 aliphatic heterocycles. The summed E-state index contributed by atoms with van der Waals surface area (Å²) in [6.45, 7) is 0.516. The van der Waals surface area contributed by atoms with Crippen molar-refractivity contribution in [1.29, 1.82) is 0 Å². The molecule has 1 heterocycles. The van der Waals surface area contributed by atoms with Gasteiger partial charge >= 0.3 is 18.3 Å². The van der Waals surface area contributed by atoms with Crippen LogP contribution < -0.4 is 4.90 Å². The molecule has 3 nitrogen and oxygen atoms in total. The summed E-state index contributed by atoms with van der Waals surface area (Å²) in [7, 11) is 0. The van der Waals surface area contributed by atoms with Gasteiger partial charge in [-0.1, -0.05) is 0 Å². The van der Waals surface area contributed by atoms with Gasteiger partial charge in [-0.15, -0.1) is 0 Å². The molecule has 29 heavy (non-hydrogen) atoms. The van der Waals surface area contributed by atoms with E-state index in [1.807, 2.05) is 0 Å². The Morgan fingerprint density at radius 1 is 1.00 bits per heavy atom. The van der Waals surface area contributed by atoms with E-state index in [0.717, 1.165) is 25.7 Å². The average molecular weight is 423 g/mol. The minimum atomic E-state index is -4.73. The summed E-state index contributed by atoms with van der Waals surface area (Å²) in [6.07, 6.45) is -4.96. The molecule has 1 saturated carbocycles. The van der Waals surface area contributed by atoms with Gasteiger partial charge in [0.25, 0.3) is 0 Å². The molecule has 0 radical (unpaired) electrons. The summed E-state index contributed by atoms with van der Waals surface area (Å²) >= 11 is 0. The van der Waals surface area contributed by atoms with Crippen LogP contribution in [0.3, 0.4) is 0 Å². The third-order valence-corrected chi connectivity index (χ3v) is 6.42. The summed E-state index contributed by atoms with van der Waals surface area (Å²) in [5.74, 6) is -0.707. The normalized spacial score (nSPS) is 20.8. The van der Waals surface area contributed by atoms with Crippen molar-refractivity contribution in [3.05, 3.63) is 29.3 Å². The molecule has 1 aromatic rings. The molecular formula is C20H23F6NO2. The quantitative estimate of drug-likeness (QED) is 0.609. The van der Waals surface area contributed by atoms with Crippen molar-refractivity contribution >= 4 is 11.7 Å². The maximum absolute atomic E-state index is 13.4. The van der Waals surface area contributed by atoms with Crippen molar-refractivity contribution < 1.29 is 36.2 Å². The van der Waals surface area contributed by atoms with Gasteiger partial charge in [-0.2, -0.15) is 26.3 Å². The first-order valence-corrected chi connectivity index (χ1v) is 9.65. The van der Waals surface area contributed by atoms with Crippen LogP contribution >= 0.6 is 0 Å². The van der Waals surface area contributed by atoms with E-state index < -0.39 is 35.1 Å². The molecule has 1 saturated heterocycles. The first kappa shape index (κ1) is 21.8. The zero-order valence-corrected chi connectivity index (χ0v) is 15.7. The fraction of sp³-hybridized carbons (Fsp3) is 0.650. The molecule has 9 heteroatoms. The smallest absolute Gasteiger partial charge is 0.418 e. The second-order valence-corrected chi connectivity index (χ2v) is 8.26. The molecule has 1 aliphatic carbocycles. The van der Waals surface area contributed by atoms with Crippen molar-refractivity contribution in [3.63, 3.8) is 0 Å². The van der Waals surface area contributed by atoms with Crippen molar-refractivity contribution in [1.82, 2.24) is 0 Å². The Kier molecular flexibility index (Phi) is 5.80. The minimum Gasteiger partial charge on any atom is -0.481 e. The molecule has 0 bridgehead atoms. The highest BCUT2D eigenvalue weighted by molar-refractivity contribution is 5.67. The van der Waals surface area contributed by atoms with Crippen LogP contribution in [0.1, 0.15) is 56.1 Å². The number of rotatable bonds is 3. The monoisotopic (exact) mass is 423 g/mol. The van der Waals surface area contributed by atoms with Gasteiger partial charge in [0.05, 0.1) is 11.1 Å². The van der Waals surface area contributed by atoms with Gasteiger partial charge < -0.3 is 10.0 Å². The first-order chi connectivity index (χ1) is 13.4. The van der Waals surface area contributed by atoms with Crippen LogP contribution in [0.15, 0.2) is 18.2 Å². The molecule has 3 rings (SSSR count). The lowest BCUT2D eigenvalue weighted by Crippen LogP contribution is -2.42. The zero-order chi connectivity index (χ0) is 21.4. The Bertz CT molecular complexity index is 740. The minimum absolute atomic E-state index is 0.0501. The Morgan fingerprint density at radius 2 is 1.59 bits per heavy atom. The third kappa shape index (κ3) is 4.98. The second kappa shape index (κ2) is 7.72. The molecule has 2 aliphatic rings. The molecule has 0 unspecified atom stereocenters. The Morgan fingerprint density at radius 3 is 2.07 bits per heavy atom. The summed E-state index contributed by atoms with van der Waals surface area (Å²) in [5.41, 5.74) is -2.60. The fourth-order valence-corrected chi connectivity index (χ4v) is 4.67. The number of piperidine rings is 1. The van der Waals surface area contributed by atoms with Crippen LogP contribution in [-0.2, 0) is 17.1 Å². The standard InChI is InChI=1S/C20H23F6NO2/c21-19(22,23)14-1-2-15(20(24,25)26)16(12-14)27-9-7-18(8-10-27)5-3-13(4-6-18)11-17(28)29/h1-2,12-13H,3-11H2,(H,28,29). The largest absolute Gasteiger partial charge is 0.481 e. The summed E-state index contributed by atoms with van der Waals surface area (Å²) in [6, 6.07) is 1.59. The van der Waals surface area contributed by atoms with Crippen molar-refractivity contribution in [2.24, 2.45) is 11.3 Å². The molecule has 0 aromatic heterocycles. The van der Waals surface area contributed by atoms with Crippen LogP contribution in [0, 0.1) is 11.3 Å². The number of carbonyl (C=O) groups is 1. The highest BCUT2D eigenvalue weighted by atomic mass is 19.4. The van der Waals surface area contributed by atoms with E-state index in [1.54, 1.807) is 0 Å². The van der Waals surface area contributed by atoms with Crippen molar-refractivity contribution in [2.45, 2.75) is 57.3 Å². The number of benzene rings is 1. The van der Waals surface area contributed by atoms with Crippen LogP contribution in [0.2, 0.25) is 0 Å². The molecule has 1 spiro atoms. The van der Waals surface area contributed by atoms with Crippen LogP contribution in [0.25, 0.3) is 0 Å². The number of alkyl halides is 6. The Labute approximate surface area is 164 Å². The van der Waals surface area contributed by atoms with E-state index in [1.165, 1.54) is 4.90 Å². The Hall–Kier alpha value is -1.93. The summed E-state index contributed by atoms with van der Waals surface area (Å²) in [5, 5.41) is 8.92.